The molecule has 0 bridgehead atoms. The molecule has 1 aliphatic carbocycles. The average molecular weight is 511 g/mol. The van der Waals surface area contributed by atoms with Crippen molar-refractivity contribution >= 4 is 23.3 Å². The van der Waals surface area contributed by atoms with Crippen LogP contribution in [0.1, 0.15) is 41.6 Å². The Balaban J connectivity index is 0.000000454. The largest absolute Gasteiger partial charge is 0.490 e. The SMILES string of the molecule is CC[C@]1(N)C[C@H]1c1ccc(NC(=O)c2ccc(N3CCN(C)CC3)cc2)c(F)c1.O=C(O)C(F)(F)F. The van der Waals surface area contributed by atoms with Crippen LogP contribution in [0, 0.1) is 5.82 Å². The normalized spacial score (nSPS) is 21.9. The van der Waals surface area contributed by atoms with Gasteiger partial charge in [-0.2, -0.15) is 13.2 Å². The van der Waals surface area contributed by atoms with Gasteiger partial charge in [-0.3, -0.25) is 4.79 Å². The van der Waals surface area contributed by atoms with Crippen molar-refractivity contribution in [3.63, 3.8) is 0 Å². The van der Waals surface area contributed by atoms with E-state index in [1.807, 2.05) is 18.2 Å². The average Bonchev–Trinajstić information content (AvgIpc) is 3.53. The molecule has 1 aliphatic heterocycles. The molecule has 36 heavy (non-hydrogen) atoms. The summed E-state index contributed by atoms with van der Waals surface area (Å²) in [6.07, 6.45) is -3.32. The number of amides is 1. The molecular weight excluding hydrogens is 480 g/mol. The zero-order valence-corrected chi connectivity index (χ0v) is 20.1. The van der Waals surface area contributed by atoms with E-state index in [1.165, 1.54) is 6.07 Å². The van der Waals surface area contributed by atoms with E-state index >= 15 is 0 Å². The summed E-state index contributed by atoms with van der Waals surface area (Å²) in [5.74, 6) is -3.29. The highest BCUT2D eigenvalue weighted by Gasteiger charge is 2.50. The fraction of sp³-hybridized carbons (Fsp3) is 0.440. The number of nitrogens with zero attached hydrogens (tertiary/aromatic N) is 2. The quantitative estimate of drug-likeness (QED) is 0.525. The third kappa shape index (κ3) is 6.73. The lowest BCUT2D eigenvalue weighted by Crippen LogP contribution is -2.44. The molecule has 2 aromatic rings. The number of carbonyl (C=O) groups is 2. The fourth-order valence-electron chi connectivity index (χ4n) is 4.09. The molecule has 1 amide bonds. The number of anilines is 2. The highest BCUT2D eigenvalue weighted by Crippen LogP contribution is 2.51. The zero-order valence-electron chi connectivity index (χ0n) is 20.1. The number of carboxylic acid groups (broad SMARTS) is 1. The van der Waals surface area contributed by atoms with Crippen molar-refractivity contribution in [2.75, 3.05) is 43.4 Å². The number of piperazine rings is 1. The Bertz CT molecular complexity index is 1090. The Kier molecular flexibility index (Phi) is 8.25. The number of carbonyl (C=O) groups excluding carboxylic acids is 1. The van der Waals surface area contributed by atoms with Crippen LogP contribution < -0.4 is 16.0 Å². The molecule has 11 heteroatoms. The van der Waals surface area contributed by atoms with Gasteiger partial charge < -0.3 is 26.0 Å². The first-order chi connectivity index (χ1) is 16.8. The molecule has 0 spiro atoms. The van der Waals surface area contributed by atoms with E-state index in [-0.39, 0.29) is 23.1 Å². The molecule has 0 unspecified atom stereocenters. The fourth-order valence-corrected chi connectivity index (χ4v) is 4.09. The smallest absolute Gasteiger partial charge is 0.475 e. The van der Waals surface area contributed by atoms with Crippen molar-refractivity contribution in [1.29, 1.82) is 0 Å². The van der Waals surface area contributed by atoms with Crippen molar-refractivity contribution in [3.05, 3.63) is 59.4 Å². The first-order valence-corrected chi connectivity index (χ1v) is 11.6. The molecular formula is C25H30F4N4O3. The second kappa shape index (κ2) is 10.8. The second-order valence-corrected chi connectivity index (χ2v) is 9.18. The standard InChI is InChI=1S/C23H29FN4O.C2HF3O2/c1-3-23(25)15-19(23)17-6-9-21(20(24)14-17)26-22(29)16-4-7-18(8-5-16)28-12-10-27(2)11-13-28;3-2(4,5)1(6)7/h4-9,14,19H,3,10-13,15,25H2,1-2H3,(H,26,29);(H,6,7)/t19-,23-;/m0./s1. The van der Waals surface area contributed by atoms with E-state index < -0.39 is 18.0 Å². The van der Waals surface area contributed by atoms with Gasteiger partial charge in [-0.05, 0) is 61.9 Å². The summed E-state index contributed by atoms with van der Waals surface area (Å²) in [6.45, 7) is 6.06. The topological polar surface area (TPSA) is 98.9 Å². The maximum absolute atomic E-state index is 14.5. The molecule has 1 saturated carbocycles. The van der Waals surface area contributed by atoms with E-state index in [9.17, 15) is 22.4 Å². The monoisotopic (exact) mass is 510 g/mol. The van der Waals surface area contributed by atoms with E-state index in [0.29, 0.717) is 5.56 Å². The van der Waals surface area contributed by atoms with Gasteiger partial charge in [0.2, 0.25) is 0 Å². The third-order valence-electron chi connectivity index (χ3n) is 6.66. The summed E-state index contributed by atoms with van der Waals surface area (Å²) < 4.78 is 46.3. The maximum Gasteiger partial charge on any atom is 0.490 e. The van der Waals surface area contributed by atoms with Crippen LogP contribution in [-0.2, 0) is 4.79 Å². The molecule has 2 aliphatic rings. The Hall–Kier alpha value is -3.18. The number of carboxylic acids is 1. The van der Waals surface area contributed by atoms with Gasteiger partial charge in [0, 0.05) is 48.9 Å². The van der Waals surface area contributed by atoms with Crippen molar-refractivity contribution in [2.24, 2.45) is 5.73 Å². The Morgan fingerprint density at radius 3 is 2.17 bits per heavy atom. The van der Waals surface area contributed by atoms with Gasteiger partial charge in [-0.25, -0.2) is 9.18 Å². The van der Waals surface area contributed by atoms with Gasteiger partial charge in [0.1, 0.15) is 5.82 Å². The van der Waals surface area contributed by atoms with Gasteiger partial charge in [0.05, 0.1) is 5.69 Å². The first kappa shape index (κ1) is 27.4. The Labute approximate surface area is 206 Å². The van der Waals surface area contributed by atoms with Gasteiger partial charge in [-0.15, -0.1) is 0 Å². The number of hydrogen-bond acceptors (Lipinski definition) is 5. The summed E-state index contributed by atoms with van der Waals surface area (Å²) in [6, 6.07) is 12.5. The number of nitrogens with two attached hydrogens (primary N) is 1. The molecule has 4 rings (SSSR count). The van der Waals surface area contributed by atoms with E-state index in [0.717, 1.165) is 50.3 Å². The predicted octanol–water partition coefficient (Wildman–Crippen LogP) is 4.06. The second-order valence-electron chi connectivity index (χ2n) is 9.18. The number of alkyl halides is 3. The van der Waals surface area contributed by atoms with Crippen LogP contribution in [-0.4, -0.2) is 66.8 Å². The minimum absolute atomic E-state index is 0.196. The highest BCUT2D eigenvalue weighted by atomic mass is 19.4. The number of benzene rings is 2. The van der Waals surface area contributed by atoms with Gasteiger partial charge in [-0.1, -0.05) is 13.0 Å². The van der Waals surface area contributed by atoms with E-state index in [2.05, 4.69) is 29.1 Å². The van der Waals surface area contributed by atoms with E-state index in [1.54, 1.807) is 18.2 Å². The van der Waals surface area contributed by atoms with Crippen LogP contribution in [0.25, 0.3) is 0 Å². The molecule has 7 nitrogen and oxygen atoms in total. The van der Waals surface area contributed by atoms with Crippen molar-refractivity contribution in [3.8, 4) is 0 Å². The van der Waals surface area contributed by atoms with Gasteiger partial charge >= 0.3 is 12.1 Å². The minimum Gasteiger partial charge on any atom is -0.475 e. The number of likely N-dealkylation sites (N-methyl/N-ethyl adjacent to an activating group) is 1. The zero-order chi connectivity index (χ0) is 26.7. The first-order valence-electron chi connectivity index (χ1n) is 11.6. The van der Waals surface area contributed by atoms with Crippen LogP contribution in [0.15, 0.2) is 42.5 Å². The van der Waals surface area contributed by atoms with Crippen LogP contribution in [0.3, 0.4) is 0 Å². The molecule has 196 valence electrons. The lowest BCUT2D eigenvalue weighted by atomic mass is 10.0. The minimum atomic E-state index is -5.08. The molecule has 2 aromatic carbocycles. The highest BCUT2D eigenvalue weighted by molar-refractivity contribution is 6.04. The maximum atomic E-state index is 14.5. The van der Waals surface area contributed by atoms with E-state index in [4.69, 9.17) is 15.6 Å². The number of aliphatic carboxylic acids is 1. The molecule has 0 radical (unpaired) electrons. The number of nitrogens with one attached hydrogen (secondary N) is 1. The molecule has 1 heterocycles. The van der Waals surface area contributed by atoms with Crippen molar-refractivity contribution in [2.45, 2.75) is 37.4 Å². The molecule has 2 fully saturated rings. The summed E-state index contributed by atoms with van der Waals surface area (Å²) in [7, 11) is 2.12. The van der Waals surface area contributed by atoms with Crippen molar-refractivity contribution < 1.29 is 32.3 Å². The van der Waals surface area contributed by atoms with Crippen LogP contribution in [0.4, 0.5) is 28.9 Å². The number of rotatable bonds is 5. The number of hydrogen-bond donors (Lipinski definition) is 3. The Morgan fingerprint density at radius 2 is 1.69 bits per heavy atom. The molecule has 2 atom stereocenters. The summed E-state index contributed by atoms with van der Waals surface area (Å²) in [5.41, 5.74) is 8.76. The lowest BCUT2D eigenvalue weighted by molar-refractivity contribution is -0.192. The molecule has 0 aromatic heterocycles. The summed E-state index contributed by atoms with van der Waals surface area (Å²) >= 11 is 0. The number of halogens is 4. The van der Waals surface area contributed by atoms with Gasteiger partial charge in [0.25, 0.3) is 5.91 Å². The van der Waals surface area contributed by atoms with Gasteiger partial charge in [0.15, 0.2) is 0 Å². The summed E-state index contributed by atoms with van der Waals surface area (Å²) in [4.78, 5) is 26.1. The third-order valence-corrected chi connectivity index (χ3v) is 6.66. The summed E-state index contributed by atoms with van der Waals surface area (Å²) in [5, 5.41) is 9.81. The molecule has 4 N–H and O–H groups in total. The van der Waals surface area contributed by atoms with Crippen LogP contribution in [0.5, 0.6) is 0 Å². The van der Waals surface area contributed by atoms with Crippen LogP contribution >= 0.6 is 0 Å². The Morgan fingerprint density at radius 1 is 1.11 bits per heavy atom. The lowest BCUT2D eigenvalue weighted by Gasteiger charge is -2.34. The predicted molar refractivity (Wildman–Crippen MR) is 129 cm³/mol. The van der Waals surface area contributed by atoms with Crippen molar-refractivity contribution in [1.82, 2.24) is 4.90 Å². The van der Waals surface area contributed by atoms with Crippen LogP contribution in [0.2, 0.25) is 0 Å². The molecule has 1 saturated heterocycles.